The van der Waals surface area contributed by atoms with Gasteiger partial charge in [0.05, 0.1) is 29.5 Å². The van der Waals surface area contributed by atoms with Crippen LogP contribution in [0.2, 0.25) is 0 Å². The maximum Gasteiger partial charge on any atom is 0.273 e. The number of imidazole rings is 1. The summed E-state index contributed by atoms with van der Waals surface area (Å²) in [6.07, 6.45) is 1.53. The third-order valence-corrected chi connectivity index (χ3v) is 4.72. The zero-order valence-corrected chi connectivity index (χ0v) is 16.3. The van der Waals surface area contributed by atoms with Gasteiger partial charge in [0, 0.05) is 19.0 Å². The lowest BCUT2D eigenvalue weighted by atomic mass is 10.2. The van der Waals surface area contributed by atoms with Crippen molar-refractivity contribution in [1.82, 2.24) is 30.3 Å². The Kier molecular flexibility index (Phi) is 5.24. The number of aromatic amines is 1. The number of hydrogen-bond acceptors (Lipinski definition) is 5. The van der Waals surface area contributed by atoms with Crippen LogP contribution in [-0.2, 0) is 6.42 Å². The van der Waals surface area contributed by atoms with E-state index >= 15 is 0 Å². The molecule has 4 rings (SSSR count). The second kappa shape index (κ2) is 8.14. The van der Waals surface area contributed by atoms with Crippen molar-refractivity contribution in [1.29, 1.82) is 0 Å². The van der Waals surface area contributed by atoms with Crippen molar-refractivity contribution in [2.45, 2.75) is 19.8 Å². The summed E-state index contributed by atoms with van der Waals surface area (Å²) in [5, 5.41) is 11.1. The third-order valence-electron chi connectivity index (χ3n) is 4.72. The van der Waals surface area contributed by atoms with Crippen molar-refractivity contribution in [2.24, 2.45) is 0 Å². The van der Waals surface area contributed by atoms with Gasteiger partial charge in [-0.1, -0.05) is 23.4 Å². The highest BCUT2D eigenvalue weighted by Gasteiger charge is 2.17. The molecule has 0 saturated carbocycles. The zero-order chi connectivity index (χ0) is 20.2. The largest absolute Gasteiger partial charge is 0.497 e. The number of ether oxygens (including phenoxy) is 1. The molecular formula is C21H22N6O2. The van der Waals surface area contributed by atoms with Crippen LogP contribution < -0.4 is 10.1 Å². The van der Waals surface area contributed by atoms with Gasteiger partial charge in [0.1, 0.15) is 11.6 Å². The molecule has 0 saturated heterocycles. The number of hydrogen-bond donors (Lipinski definition) is 2. The van der Waals surface area contributed by atoms with E-state index in [-0.39, 0.29) is 5.91 Å². The number of para-hydroxylation sites is 2. The van der Waals surface area contributed by atoms with Gasteiger partial charge in [-0.2, -0.15) is 0 Å². The lowest BCUT2D eigenvalue weighted by Crippen LogP contribution is -2.26. The maximum absolute atomic E-state index is 12.5. The van der Waals surface area contributed by atoms with E-state index in [2.05, 4.69) is 25.6 Å². The summed E-state index contributed by atoms with van der Waals surface area (Å²) in [4.78, 5) is 20.4. The average molecular weight is 390 g/mol. The standard InChI is InChI=1S/C21H22N6O2/c1-14-20(25-26-27(14)15-7-5-8-16(13-15)29-2)21(28)22-12-6-11-19-23-17-9-3-4-10-18(17)24-19/h3-5,7-10,13H,6,11-12H2,1-2H3,(H,22,28)(H,23,24). The van der Waals surface area contributed by atoms with Crippen LogP contribution in [0.4, 0.5) is 0 Å². The molecular weight excluding hydrogens is 368 g/mol. The fourth-order valence-electron chi connectivity index (χ4n) is 3.19. The van der Waals surface area contributed by atoms with Crippen molar-refractivity contribution >= 4 is 16.9 Å². The van der Waals surface area contributed by atoms with Gasteiger partial charge in [0.2, 0.25) is 0 Å². The Morgan fingerprint density at radius 3 is 2.90 bits per heavy atom. The number of nitrogens with zero attached hydrogens (tertiary/aromatic N) is 4. The fraction of sp³-hybridized carbons (Fsp3) is 0.238. The summed E-state index contributed by atoms with van der Waals surface area (Å²) in [5.74, 6) is 1.40. The number of carbonyl (C=O) groups is 1. The average Bonchev–Trinajstić information content (AvgIpc) is 3.34. The molecule has 2 heterocycles. The number of fused-ring (bicyclic) bond motifs is 1. The van der Waals surface area contributed by atoms with Crippen LogP contribution >= 0.6 is 0 Å². The van der Waals surface area contributed by atoms with E-state index in [0.717, 1.165) is 35.4 Å². The number of aromatic nitrogens is 5. The number of aryl methyl sites for hydroxylation is 1. The first-order valence-corrected chi connectivity index (χ1v) is 9.44. The van der Waals surface area contributed by atoms with Gasteiger partial charge in [0.15, 0.2) is 5.69 Å². The van der Waals surface area contributed by atoms with E-state index in [4.69, 9.17) is 4.74 Å². The summed E-state index contributed by atoms with van der Waals surface area (Å²) in [7, 11) is 1.61. The minimum atomic E-state index is -0.235. The van der Waals surface area contributed by atoms with Crippen LogP contribution in [-0.4, -0.2) is 44.5 Å². The van der Waals surface area contributed by atoms with Crippen molar-refractivity contribution in [2.75, 3.05) is 13.7 Å². The molecule has 2 aromatic heterocycles. The van der Waals surface area contributed by atoms with Crippen LogP contribution in [0.5, 0.6) is 5.75 Å². The molecule has 8 nitrogen and oxygen atoms in total. The molecule has 0 aliphatic carbocycles. The van der Waals surface area contributed by atoms with Crippen LogP contribution in [0.15, 0.2) is 48.5 Å². The van der Waals surface area contributed by atoms with Gasteiger partial charge in [-0.05, 0) is 37.6 Å². The van der Waals surface area contributed by atoms with Crippen LogP contribution in [0.3, 0.4) is 0 Å². The normalized spacial score (nSPS) is 11.0. The van der Waals surface area contributed by atoms with Crippen molar-refractivity contribution in [3.05, 3.63) is 65.7 Å². The first kappa shape index (κ1) is 18.7. The van der Waals surface area contributed by atoms with Gasteiger partial charge in [-0.3, -0.25) is 4.79 Å². The molecule has 0 spiro atoms. The van der Waals surface area contributed by atoms with Gasteiger partial charge in [-0.15, -0.1) is 5.10 Å². The van der Waals surface area contributed by atoms with Crippen molar-refractivity contribution in [3.63, 3.8) is 0 Å². The Bertz CT molecular complexity index is 1110. The van der Waals surface area contributed by atoms with E-state index in [1.165, 1.54) is 0 Å². The summed E-state index contributed by atoms with van der Waals surface area (Å²) in [6.45, 7) is 2.35. The molecule has 0 aliphatic heterocycles. The molecule has 0 fully saturated rings. The fourth-order valence-corrected chi connectivity index (χ4v) is 3.19. The molecule has 0 bridgehead atoms. The second-order valence-electron chi connectivity index (χ2n) is 6.70. The van der Waals surface area contributed by atoms with Gasteiger partial charge < -0.3 is 15.0 Å². The third kappa shape index (κ3) is 3.96. The summed E-state index contributed by atoms with van der Waals surface area (Å²) < 4.78 is 6.87. The number of carbonyl (C=O) groups excluding carboxylic acids is 1. The molecule has 2 N–H and O–H groups in total. The molecule has 8 heteroatoms. The summed E-state index contributed by atoms with van der Waals surface area (Å²) in [5.41, 5.74) is 3.76. The number of benzene rings is 2. The minimum Gasteiger partial charge on any atom is -0.497 e. The first-order chi connectivity index (χ1) is 14.2. The molecule has 0 atom stereocenters. The highest BCUT2D eigenvalue weighted by atomic mass is 16.5. The predicted molar refractivity (Wildman–Crippen MR) is 109 cm³/mol. The van der Waals surface area contributed by atoms with E-state index in [1.807, 2.05) is 55.5 Å². The molecule has 1 amide bonds. The topological polar surface area (TPSA) is 97.7 Å². The monoisotopic (exact) mass is 390 g/mol. The predicted octanol–water partition coefficient (Wildman–Crippen LogP) is 2.82. The Hall–Kier alpha value is -3.68. The molecule has 0 unspecified atom stereocenters. The molecule has 29 heavy (non-hydrogen) atoms. The molecule has 4 aromatic rings. The number of rotatable bonds is 7. The summed E-state index contributed by atoms with van der Waals surface area (Å²) >= 11 is 0. The highest BCUT2D eigenvalue weighted by Crippen LogP contribution is 2.18. The first-order valence-electron chi connectivity index (χ1n) is 9.44. The van der Waals surface area contributed by atoms with E-state index in [9.17, 15) is 4.79 Å². The van der Waals surface area contributed by atoms with E-state index < -0.39 is 0 Å². The summed E-state index contributed by atoms with van der Waals surface area (Å²) in [6, 6.07) is 15.4. The van der Waals surface area contributed by atoms with Gasteiger partial charge >= 0.3 is 0 Å². The van der Waals surface area contributed by atoms with E-state index in [1.54, 1.807) is 11.8 Å². The lowest BCUT2D eigenvalue weighted by Gasteiger charge is -2.06. The quantitative estimate of drug-likeness (QED) is 0.473. The Balaban J connectivity index is 1.35. The molecule has 0 aliphatic rings. The maximum atomic E-state index is 12.5. The number of nitrogens with one attached hydrogen (secondary N) is 2. The lowest BCUT2D eigenvalue weighted by molar-refractivity contribution is 0.0947. The number of methoxy groups -OCH3 is 1. The number of H-pyrrole nitrogens is 1. The van der Waals surface area contributed by atoms with Gasteiger partial charge in [-0.25, -0.2) is 9.67 Å². The molecule has 0 radical (unpaired) electrons. The van der Waals surface area contributed by atoms with Crippen LogP contribution in [0, 0.1) is 6.92 Å². The van der Waals surface area contributed by atoms with Crippen LogP contribution in [0.25, 0.3) is 16.7 Å². The SMILES string of the molecule is COc1cccc(-n2nnc(C(=O)NCCCc3nc4ccccc4[nH]3)c2C)c1. The molecule has 2 aromatic carbocycles. The van der Waals surface area contributed by atoms with Crippen molar-refractivity contribution < 1.29 is 9.53 Å². The zero-order valence-electron chi connectivity index (χ0n) is 16.3. The van der Waals surface area contributed by atoms with Crippen LogP contribution in [0.1, 0.15) is 28.4 Å². The highest BCUT2D eigenvalue weighted by molar-refractivity contribution is 5.93. The number of amides is 1. The smallest absolute Gasteiger partial charge is 0.273 e. The second-order valence-corrected chi connectivity index (χ2v) is 6.70. The Morgan fingerprint density at radius 1 is 1.21 bits per heavy atom. The molecule has 148 valence electrons. The van der Waals surface area contributed by atoms with Crippen molar-refractivity contribution in [3.8, 4) is 11.4 Å². The Morgan fingerprint density at radius 2 is 2.07 bits per heavy atom. The minimum absolute atomic E-state index is 0.235. The van der Waals surface area contributed by atoms with Gasteiger partial charge in [0.25, 0.3) is 5.91 Å². The Labute approximate surface area is 167 Å². The van der Waals surface area contributed by atoms with E-state index in [0.29, 0.717) is 23.7 Å².